The molecular formula is C27H28F2N8O2. The topological polar surface area (TPSA) is 110 Å². The number of ketones is 1. The third-order valence-corrected chi connectivity index (χ3v) is 7.02. The van der Waals surface area contributed by atoms with E-state index in [1.54, 1.807) is 18.5 Å². The number of hydrogen-bond donors (Lipinski definition) is 2. The average Bonchev–Trinajstić information content (AvgIpc) is 3.32. The average molecular weight is 535 g/mol. The van der Waals surface area contributed by atoms with Gasteiger partial charge in [0.1, 0.15) is 35.7 Å². The molecule has 2 aliphatic heterocycles. The van der Waals surface area contributed by atoms with E-state index in [0.29, 0.717) is 28.7 Å². The number of aromatic nitrogens is 5. The second kappa shape index (κ2) is 10.3. The third-order valence-electron chi connectivity index (χ3n) is 7.02. The number of fused-ring (bicyclic) bond motifs is 1. The molecule has 0 bridgehead atoms. The number of nitrogens with zero attached hydrogens (tertiary/aromatic N) is 6. The first-order chi connectivity index (χ1) is 18.9. The van der Waals surface area contributed by atoms with Gasteiger partial charge in [-0.25, -0.2) is 28.7 Å². The van der Waals surface area contributed by atoms with Crippen molar-refractivity contribution >= 4 is 34.3 Å². The first-order valence-electron chi connectivity index (χ1n) is 12.9. The van der Waals surface area contributed by atoms with Crippen LogP contribution in [-0.2, 0) is 16.0 Å². The molecule has 0 spiro atoms. The number of carbonyl (C=O) groups excluding carboxylic acids is 1. The zero-order valence-electron chi connectivity index (χ0n) is 21.6. The maximum Gasteiger partial charge on any atom is 0.228 e. The summed E-state index contributed by atoms with van der Waals surface area (Å²) < 4.78 is 37.5. The Bertz CT molecular complexity index is 1530. The Morgan fingerprint density at radius 2 is 1.85 bits per heavy atom. The highest BCUT2D eigenvalue weighted by Crippen LogP contribution is 2.33. The van der Waals surface area contributed by atoms with E-state index >= 15 is 4.39 Å². The van der Waals surface area contributed by atoms with Gasteiger partial charge in [0.25, 0.3) is 0 Å². The summed E-state index contributed by atoms with van der Waals surface area (Å²) in [6.07, 6.45) is 4.24. The monoisotopic (exact) mass is 534 g/mol. The summed E-state index contributed by atoms with van der Waals surface area (Å²) >= 11 is 0. The number of ether oxygens (including phenoxy) is 1. The van der Waals surface area contributed by atoms with Crippen molar-refractivity contribution in [1.82, 2.24) is 29.8 Å². The molecule has 1 aromatic carbocycles. The van der Waals surface area contributed by atoms with Crippen molar-refractivity contribution < 1.29 is 18.3 Å². The summed E-state index contributed by atoms with van der Waals surface area (Å²) in [6, 6.07) is 4.40. The smallest absolute Gasteiger partial charge is 0.228 e. The van der Waals surface area contributed by atoms with Gasteiger partial charge in [-0.3, -0.25) is 4.79 Å². The summed E-state index contributed by atoms with van der Waals surface area (Å²) in [4.78, 5) is 31.4. The lowest BCUT2D eigenvalue weighted by molar-refractivity contribution is -0.154. The van der Waals surface area contributed by atoms with E-state index in [9.17, 15) is 9.18 Å². The van der Waals surface area contributed by atoms with Gasteiger partial charge in [0.2, 0.25) is 5.95 Å². The molecule has 1 unspecified atom stereocenters. The molecule has 6 rings (SSSR count). The van der Waals surface area contributed by atoms with Crippen LogP contribution in [-0.4, -0.2) is 69.2 Å². The number of benzene rings is 1. The van der Waals surface area contributed by atoms with Crippen molar-refractivity contribution in [2.45, 2.75) is 32.4 Å². The highest BCUT2D eigenvalue weighted by Gasteiger charge is 2.32. The molecule has 2 N–H and O–H groups in total. The number of carbonyl (C=O) groups is 1. The lowest BCUT2D eigenvalue weighted by Gasteiger charge is -2.28. The number of anilines is 3. The summed E-state index contributed by atoms with van der Waals surface area (Å²) in [7, 11) is 0. The fraction of sp³-hybridized carbons (Fsp3) is 0.370. The largest absolute Gasteiger partial charge is 0.366 e. The molecule has 0 saturated carbocycles. The van der Waals surface area contributed by atoms with Gasteiger partial charge in [0.05, 0.1) is 29.8 Å². The van der Waals surface area contributed by atoms with E-state index in [1.807, 2.05) is 18.4 Å². The highest BCUT2D eigenvalue weighted by atomic mass is 19.1. The van der Waals surface area contributed by atoms with Gasteiger partial charge in [-0.1, -0.05) is 0 Å². The second-order valence-corrected chi connectivity index (χ2v) is 9.96. The van der Waals surface area contributed by atoms with Crippen LogP contribution in [0.1, 0.15) is 25.7 Å². The molecule has 202 valence electrons. The van der Waals surface area contributed by atoms with Gasteiger partial charge in [-0.15, -0.1) is 0 Å². The molecule has 2 saturated heterocycles. The minimum atomic E-state index is -0.599. The van der Waals surface area contributed by atoms with Crippen LogP contribution in [0.2, 0.25) is 0 Å². The lowest BCUT2D eigenvalue weighted by atomic mass is 10.0. The van der Waals surface area contributed by atoms with Gasteiger partial charge in [0.15, 0.2) is 11.6 Å². The van der Waals surface area contributed by atoms with Crippen molar-refractivity contribution in [1.29, 1.82) is 0 Å². The molecule has 39 heavy (non-hydrogen) atoms. The van der Waals surface area contributed by atoms with E-state index < -0.39 is 17.7 Å². The Morgan fingerprint density at radius 1 is 1.08 bits per heavy atom. The number of halogens is 2. The van der Waals surface area contributed by atoms with Gasteiger partial charge in [-0.05, 0) is 37.6 Å². The number of hydrogen-bond acceptors (Lipinski definition) is 9. The van der Waals surface area contributed by atoms with E-state index in [2.05, 4.69) is 35.5 Å². The predicted molar refractivity (Wildman–Crippen MR) is 142 cm³/mol. The number of piperazine rings is 1. The van der Waals surface area contributed by atoms with Crippen LogP contribution in [0, 0.1) is 11.6 Å². The summed E-state index contributed by atoms with van der Waals surface area (Å²) in [5.74, 6) is 0.00409. The lowest BCUT2D eigenvalue weighted by Crippen LogP contribution is -2.43. The Morgan fingerprint density at radius 3 is 2.51 bits per heavy atom. The van der Waals surface area contributed by atoms with Crippen LogP contribution >= 0.6 is 0 Å². The minimum Gasteiger partial charge on any atom is -0.366 e. The van der Waals surface area contributed by atoms with Crippen LogP contribution < -0.4 is 15.5 Å². The fourth-order valence-electron chi connectivity index (χ4n) is 5.00. The zero-order chi connectivity index (χ0) is 27.1. The molecule has 4 aromatic rings. The van der Waals surface area contributed by atoms with Gasteiger partial charge < -0.3 is 24.8 Å². The molecule has 1 atom stereocenters. The van der Waals surface area contributed by atoms with Crippen LogP contribution in [0.4, 0.5) is 26.2 Å². The van der Waals surface area contributed by atoms with Crippen molar-refractivity contribution in [3.8, 4) is 11.1 Å². The van der Waals surface area contributed by atoms with E-state index in [-0.39, 0.29) is 35.9 Å². The Balaban J connectivity index is 1.30. The molecule has 2 fully saturated rings. The molecule has 0 aliphatic carbocycles. The van der Waals surface area contributed by atoms with Crippen LogP contribution in [0.25, 0.3) is 22.2 Å². The first kappa shape index (κ1) is 25.3. The van der Waals surface area contributed by atoms with Crippen molar-refractivity contribution in [3.05, 3.63) is 54.2 Å². The SMILES string of the molecule is CC(C)n1c(CC2OCC2=O)nc2c(F)cc(-c3cc(Nc4ncc(N5CCNCC5)cn4)ncc3F)cc21. The quantitative estimate of drug-likeness (QED) is 0.369. The number of nitrogens with one attached hydrogen (secondary N) is 2. The number of imidazole rings is 1. The molecule has 0 amide bonds. The molecule has 3 aromatic heterocycles. The Labute approximate surface area is 223 Å². The number of rotatable bonds is 7. The van der Waals surface area contributed by atoms with Crippen molar-refractivity contribution in [3.63, 3.8) is 0 Å². The van der Waals surface area contributed by atoms with Crippen LogP contribution in [0.5, 0.6) is 0 Å². The summed E-state index contributed by atoms with van der Waals surface area (Å²) in [6.45, 7) is 7.55. The second-order valence-electron chi connectivity index (χ2n) is 9.96. The predicted octanol–water partition coefficient (Wildman–Crippen LogP) is 3.41. The van der Waals surface area contributed by atoms with Gasteiger partial charge in [-0.2, -0.15) is 0 Å². The molecule has 10 nitrogen and oxygen atoms in total. The summed E-state index contributed by atoms with van der Waals surface area (Å²) in [5.41, 5.74) is 2.11. The maximum absolute atomic E-state index is 15.3. The standard InChI is InChI=1S/C27H28F2N8O2/c1-15(2)37-21-8-16(7-19(28)26(21)35-25(37)10-23-22(38)14-39-23)18-9-24(31-13-20(18)29)34-27-32-11-17(12-33-27)36-5-3-30-4-6-36/h7-9,11-13,15,23,30H,3-6,10,14H2,1-2H3,(H,31,32,33,34). The first-order valence-corrected chi connectivity index (χ1v) is 12.9. The summed E-state index contributed by atoms with van der Waals surface area (Å²) in [5, 5.41) is 6.32. The number of pyridine rings is 1. The normalized spacial score (nSPS) is 17.6. The van der Waals surface area contributed by atoms with E-state index in [4.69, 9.17) is 4.74 Å². The highest BCUT2D eigenvalue weighted by molar-refractivity contribution is 5.89. The van der Waals surface area contributed by atoms with Gasteiger partial charge in [0, 0.05) is 44.2 Å². The Hall–Kier alpha value is -4.03. The van der Waals surface area contributed by atoms with Crippen molar-refractivity contribution in [2.75, 3.05) is 43.0 Å². The zero-order valence-corrected chi connectivity index (χ0v) is 21.6. The Kier molecular flexibility index (Phi) is 6.65. The van der Waals surface area contributed by atoms with Crippen molar-refractivity contribution in [2.24, 2.45) is 0 Å². The fourth-order valence-corrected chi connectivity index (χ4v) is 5.00. The molecule has 5 heterocycles. The molecule has 0 radical (unpaired) electrons. The van der Waals surface area contributed by atoms with Crippen LogP contribution in [0.15, 0.2) is 36.8 Å². The molecular weight excluding hydrogens is 506 g/mol. The maximum atomic E-state index is 15.3. The minimum absolute atomic E-state index is 0.000163. The molecule has 2 aliphatic rings. The van der Waals surface area contributed by atoms with E-state index in [1.165, 1.54) is 12.1 Å². The van der Waals surface area contributed by atoms with Gasteiger partial charge >= 0.3 is 0 Å². The van der Waals surface area contributed by atoms with Crippen LogP contribution in [0.3, 0.4) is 0 Å². The third kappa shape index (κ3) is 4.92. The van der Waals surface area contributed by atoms with E-state index in [0.717, 1.165) is 38.1 Å². The molecule has 12 heteroatoms. The number of Topliss-reactive ketones (excluding diaryl/α,β-unsaturated/α-hetero) is 1.